The molecule has 0 saturated heterocycles. The quantitative estimate of drug-likeness (QED) is 0.691. The lowest BCUT2D eigenvalue weighted by atomic mass is 9.96. The first-order valence-electron chi connectivity index (χ1n) is 6.80. The zero-order valence-corrected chi connectivity index (χ0v) is 11.9. The molecular formula is C15H24N2O2. The van der Waals surface area contributed by atoms with Gasteiger partial charge in [-0.3, -0.25) is 4.79 Å². The van der Waals surface area contributed by atoms with E-state index in [0.717, 1.165) is 18.4 Å². The summed E-state index contributed by atoms with van der Waals surface area (Å²) in [5.74, 6) is 0.158. The Labute approximate surface area is 115 Å². The van der Waals surface area contributed by atoms with E-state index in [9.17, 15) is 9.90 Å². The maximum atomic E-state index is 12.1. The van der Waals surface area contributed by atoms with Crippen molar-refractivity contribution in [1.82, 2.24) is 0 Å². The van der Waals surface area contributed by atoms with Gasteiger partial charge in [0.25, 0.3) is 0 Å². The zero-order chi connectivity index (χ0) is 14.4. The highest BCUT2D eigenvalue weighted by molar-refractivity contribution is 5.94. The van der Waals surface area contributed by atoms with Gasteiger partial charge < -0.3 is 16.2 Å². The summed E-state index contributed by atoms with van der Waals surface area (Å²) in [6.07, 6.45) is 1.60. The molecule has 0 radical (unpaired) electrons. The van der Waals surface area contributed by atoms with Crippen LogP contribution in [0.25, 0.3) is 0 Å². The summed E-state index contributed by atoms with van der Waals surface area (Å²) < 4.78 is 0. The average Bonchev–Trinajstić information content (AvgIpc) is 2.38. The smallest absolute Gasteiger partial charge is 0.228 e. The van der Waals surface area contributed by atoms with Crippen LogP contribution in [0.5, 0.6) is 5.75 Å². The molecule has 0 aliphatic heterocycles. The average molecular weight is 264 g/mol. The standard InChI is InChI=1S/C15H24N2O2/c1-4-11-5-6-14(18)13(8-11)17-15(19)12(9-16)7-10(2)3/h5-6,8,10,12,18H,4,7,9,16H2,1-3H3,(H,17,19). The summed E-state index contributed by atoms with van der Waals surface area (Å²) in [6.45, 7) is 6.47. The Kier molecular flexibility index (Phi) is 5.83. The van der Waals surface area contributed by atoms with Gasteiger partial charge in [-0.25, -0.2) is 0 Å². The number of carbonyl (C=O) groups excluding carboxylic acids is 1. The first kappa shape index (κ1) is 15.5. The van der Waals surface area contributed by atoms with Crippen LogP contribution in [0, 0.1) is 11.8 Å². The SMILES string of the molecule is CCc1ccc(O)c(NC(=O)C(CN)CC(C)C)c1. The number of aryl methyl sites for hydroxylation is 1. The van der Waals surface area contributed by atoms with E-state index in [0.29, 0.717) is 18.2 Å². The van der Waals surface area contributed by atoms with Crippen molar-refractivity contribution in [2.75, 3.05) is 11.9 Å². The summed E-state index contributed by atoms with van der Waals surface area (Å²) >= 11 is 0. The molecule has 1 aromatic carbocycles. The van der Waals surface area contributed by atoms with Crippen LogP contribution in [0.15, 0.2) is 18.2 Å². The second-order valence-corrected chi connectivity index (χ2v) is 5.26. The Balaban J connectivity index is 2.80. The second kappa shape index (κ2) is 7.14. The number of nitrogens with two attached hydrogens (primary N) is 1. The van der Waals surface area contributed by atoms with E-state index in [1.54, 1.807) is 12.1 Å². The van der Waals surface area contributed by atoms with Crippen LogP contribution in [-0.2, 0) is 11.2 Å². The molecule has 1 amide bonds. The molecule has 0 heterocycles. The fourth-order valence-electron chi connectivity index (χ4n) is 2.02. The summed E-state index contributed by atoms with van der Waals surface area (Å²) in [7, 11) is 0. The second-order valence-electron chi connectivity index (χ2n) is 5.26. The van der Waals surface area contributed by atoms with E-state index >= 15 is 0 Å². The maximum absolute atomic E-state index is 12.1. The summed E-state index contributed by atoms with van der Waals surface area (Å²) in [4.78, 5) is 12.1. The number of aromatic hydroxyl groups is 1. The van der Waals surface area contributed by atoms with Crippen molar-refractivity contribution in [3.8, 4) is 5.75 Å². The number of anilines is 1. The van der Waals surface area contributed by atoms with Gasteiger partial charge in [0.1, 0.15) is 5.75 Å². The fraction of sp³-hybridized carbons (Fsp3) is 0.533. The van der Waals surface area contributed by atoms with Gasteiger partial charge in [0.2, 0.25) is 5.91 Å². The molecule has 4 nitrogen and oxygen atoms in total. The molecule has 106 valence electrons. The van der Waals surface area contributed by atoms with Gasteiger partial charge in [0.05, 0.1) is 11.6 Å². The number of phenols is 1. The predicted octanol–water partition coefficient (Wildman–Crippen LogP) is 2.51. The first-order valence-corrected chi connectivity index (χ1v) is 6.80. The zero-order valence-electron chi connectivity index (χ0n) is 11.9. The van der Waals surface area contributed by atoms with Crippen LogP contribution >= 0.6 is 0 Å². The molecule has 0 spiro atoms. The fourth-order valence-corrected chi connectivity index (χ4v) is 2.02. The largest absolute Gasteiger partial charge is 0.506 e. The van der Waals surface area contributed by atoms with E-state index in [4.69, 9.17) is 5.73 Å². The van der Waals surface area contributed by atoms with Crippen LogP contribution in [0.1, 0.15) is 32.8 Å². The normalized spacial score (nSPS) is 12.5. The van der Waals surface area contributed by atoms with Gasteiger partial charge in [-0.1, -0.05) is 26.8 Å². The molecule has 0 bridgehead atoms. The predicted molar refractivity (Wildman–Crippen MR) is 78.1 cm³/mol. The van der Waals surface area contributed by atoms with Gasteiger partial charge in [0, 0.05) is 6.54 Å². The Morgan fingerprint density at radius 3 is 2.63 bits per heavy atom. The molecule has 1 unspecified atom stereocenters. The third-order valence-corrected chi connectivity index (χ3v) is 3.14. The molecule has 4 heteroatoms. The molecule has 0 fully saturated rings. The van der Waals surface area contributed by atoms with Crippen molar-refractivity contribution >= 4 is 11.6 Å². The van der Waals surface area contributed by atoms with Crippen LogP contribution < -0.4 is 11.1 Å². The van der Waals surface area contributed by atoms with E-state index in [-0.39, 0.29) is 17.6 Å². The van der Waals surface area contributed by atoms with Gasteiger partial charge in [0.15, 0.2) is 0 Å². The summed E-state index contributed by atoms with van der Waals surface area (Å²) in [5.41, 5.74) is 7.18. The van der Waals surface area contributed by atoms with Crippen molar-refractivity contribution in [2.45, 2.75) is 33.6 Å². The molecular weight excluding hydrogens is 240 g/mol. The molecule has 0 saturated carbocycles. The number of rotatable bonds is 6. The third-order valence-electron chi connectivity index (χ3n) is 3.14. The minimum atomic E-state index is -0.218. The lowest BCUT2D eigenvalue weighted by Gasteiger charge is -2.17. The van der Waals surface area contributed by atoms with Crippen molar-refractivity contribution in [1.29, 1.82) is 0 Å². The maximum Gasteiger partial charge on any atom is 0.228 e. The van der Waals surface area contributed by atoms with Gasteiger partial charge in [-0.15, -0.1) is 0 Å². The first-order chi connectivity index (χ1) is 8.97. The number of nitrogens with one attached hydrogen (secondary N) is 1. The highest BCUT2D eigenvalue weighted by Crippen LogP contribution is 2.25. The molecule has 1 aromatic rings. The molecule has 0 aliphatic carbocycles. The van der Waals surface area contributed by atoms with Crippen LogP contribution in [0.3, 0.4) is 0 Å². The van der Waals surface area contributed by atoms with Gasteiger partial charge in [-0.05, 0) is 36.5 Å². The van der Waals surface area contributed by atoms with Gasteiger partial charge in [-0.2, -0.15) is 0 Å². The van der Waals surface area contributed by atoms with Crippen LogP contribution in [0.4, 0.5) is 5.69 Å². The minimum absolute atomic E-state index is 0.0888. The Hall–Kier alpha value is -1.55. The number of carbonyl (C=O) groups is 1. The number of amides is 1. The Morgan fingerprint density at radius 1 is 1.42 bits per heavy atom. The molecule has 1 atom stereocenters. The summed E-state index contributed by atoms with van der Waals surface area (Å²) in [6, 6.07) is 5.25. The molecule has 4 N–H and O–H groups in total. The Bertz CT molecular complexity index is 430. The van der Waals surface area contributed by atoms with Crippen LogP contribution in [0.2, 0.25) is 0 Å². The Morgan fingerprint density at radius 2 is 2.11 bits per heavy atom. The number of hydrogen-bond acceptors (Lipinski definition) is 3. The molecule has 1 rings (SSSR count). The molecule has 19 heavy (non-hydrogen) atoms. The summed E-state index contributed by atoms with van der Waals surface area (Å²) in [5, 5.41) is 12.5. The van der Waals surface area contributed by atoms with E-state index in [1.165, 1.54) is 0 Å². The van der Waals surface area contributed by atoms with Crippen molar-refractivity contribution in [2.24, 2.45) is 17.6 Å². The van der Waals surface area contributed by atoms with Gasteiger partial charge >= 0.3 is 0 Å². The monoisotopic (exact) mass is 264 g/mol. The van der Waals surface area contributed by atoms with E-state index in [2.05, 4.69) is 19.2 Å². The lowest BCUT2D eigenvalue weighted by Crippen LogP contribution is -2.30. The van der Waals surface area contributed by atoms with Crippen molar-refractivity contribution < 1.29 is 9.90 Å². The molecule has 0 aromatic heterocycles. The van der Waals surface area contributed by atoms with E-state index < -0.39 is 0 Å². The number of phenolic OH excluding ortho intramolecular Hbond substituents is 1. The highest BCUT2D eigenvalue weighted by atomic mass is 16.3. The molecule has 0 aliphatic rings. The van der Waals surface area contributed by atoms with E-state index in [1.807, 2.05) is 13.0 Å². The number of hydrogen-bond donors (Lipinski definition) is 3. The number of benzene rings is 1. The third kappa shape index (κ3) is 4.56. The lowest BCUT2D eigenvalue weighted by molar-refractivity contribution is -0.120. The highest BCUT2D eigenvalue weighted by Gasteiger charge is 2.19. The van der Waals surface area contributed by atoms with Crippen molar-refractivity contribution in [3.63, 3.8) is 0 Å². The van der Waals surface area contributed by atoms with Crippen LogP contribution in [-0.4, -0.2) is 17.6 Å². The van der Waals surface area contributed by atoms with Crippen molar-refractivity contribution in [3.05, 3.63) is 23.8 Å². The minimum Gasteiger partial charge on any atom is -0.506 e. The topological polar surface area (TPSA) is 75.3 Å².